The summed E-state index contributed by atoms with van der Waals surface area (Å²) < 4.78 is 9.36. The second-order valence-corrected chi connectivity index (χ2v) is 14.7. The van der Waals surface area contributed by atoms with Gasteiger partial charge in [0.05, 0.1) is 11.1 Å². The molecule has 5 nitrogen and oxygen atoms in total. The Kier molecular flexibility index (Phi) is 7.28. The summed E-state index contributed by atoms with van der Waals surface area (Å²) in [7, 11) is 0. The molecule has 11 aromatic rings. The van der Waals surface area contributed by atoms with Gasteiger partial charge in [-0.15, -0.1) is 11.3 Å². The number of benzene rings is 8. The number of fused-ring (bicyclic) bond motifs is 7. The number of furan rings is 1. The molecule has 0 spiro atoms. The van der Waals surface area contributed by atoms with Crippen LogP contribution >= 0.6 is 11.3 Å². The molecular formula is C49H30N4OS. The summed E-state index contributed by atoms with van der Waals surface area (Å²) >= 11 is 1.82. The van der Waals surface area contributed by atoms with Gasteiger partial charge in [0, 0.05) is 53.6 Å². The first kappa shape index (κ1) is 31.4. The van der Waals surface area contributed by atoms with E-state index in [0.29, 0.717) is 17.5 Å². The molecule has 0 aliphatic heterocycles. The third kappa shape index (κ3) is 5.42. The molecule has 0 unspecified atom stereocenters. The van der Waals surface area contributed by atoms with E-state index in [9.17, 15) is 0 Å². The van der Waals surface area contributed by atoms with Crippen LogP contribution in [-0.4, -0.2) is 15.0 Å². The molecule has 0 amide bonds. The fourth-order valence-corrected chi connectivity index (χ4v) is 8.76. The van der Waals surface area contributed by atoms with Crippen molar-refractivity contribution in [3.63, 3.8) is 0 Å². The van der Waals surface area contributed by atoms with E-state index in [1.54, 1.807) is 0 Å². The lowest BCUT2D eigenvalue weighted by Gasteiger charge is -2.27. The predicted octanol–water partition coefficient (Wildman–Crippen LogP) is 13.8. The average Bonchev–Trinajstić information content (AvgIpc) is 3.81. The van der Waals surface area contributed by atoms with Crippen LogP contribution in [-0.2, 0) is 0 Å². The van der Waals surface area contributed by atoms with E-state index in [1.165, 1.54) is 20.2 Å². The monoisotopic (exact) mass is 722 g/mol. The molecular weight excluding hydrogens is 693 g/mol. The molecule has 55 heavy (non-hydrogen) atoms. The van der Waals surface area contributed by atoms with Crippen molar-refractivity contribution >= 4 is 81.3 Å². The summed E-state index contributed by atoms with van der Waals surface area (Å²) in [5, 5.41) is 6.83. The highest BCUT2D eigenvalue weighted by atomic mass is 32.1. The topological polar surface area (TPSA) is 55.1 Å². The largest absolute Gasteiger partial charge is 0.456 e. The molecule has 6 heteroatoms. The van der Waals surface area contributed by atoms with Crippen molar-refractivity contribution in [1.82, 2.24) is 15.0 Å². The Labute approximate surface area is 320 Å². The van der Waals surface area contributed by atoms with Crippen LogP contribution in [0.15, 0.2) is 186 Å². The van der Waals surface area contributed by atoms with Crippen LogP contribution < -0.4 is 4.90 Å². The fourth-order valence-electron chi connectivity index (χ4n) is 7.67. The number of para-hydroxylation sites is 1. The first-order chi connectivity index (χ1) is 27.2. The second-order valence-electron chi connectivity index (χ2n) is 13.7. The Bertz CT molecular complexity index is 3150. The summed E-state index contributed by atoms with van der Waals surface area (Å²) in [6, 6.07) is 63.3. The molecule has 3 aromatic heterocycles. The lowest BCUT2D eigenvalue weighted by atomic mass is 10.0. The Morgan fingerprint density at radius 1 is 0.400 bits per heavy atom. The zero-order valence-electron chi connectivity index (χ0n) is 29.4. The standard InChI is InChI=1S/C49H30N4OS/c1-4-14-31(15-5-1)47-50-48(32-16-6-2-7-17-32)52-49(51-47)35-27-41(46-40-26-33-18-10-11-19-34(33)28-42(40)54-43(46)29-35)53(36-20-8-3-9-21-36)37-24-25-45-39(30-37)38-22-12-13-23-44(38)55-45/h1-30H. The maximum atomic E-state index is 6.83. The molecule has 258 valence electrons. The van der Waals surface area contributed by atoms with E-state index in [2.05, 4.69) is 126 Å². The number of hydrogen-bond donors (Lipinski definition) is 0. The van der Waals surface area contributed by atoms with E-state index in [1.807, 2.05) is 72.0 Å². The quantitative estimate of drug-likeness (QED) is 0.171. The van der Waals surface area contributed by atoms with E-state index >= 15 is 0 Å². The number of hydrogen-bond acceptors (Lipinski definition) is 6. The van der Waals surface area contributed by atoms with Crippen LogP contribution in [0.25, 0.3) is 87.0 Å². The van der Waals surface area contributed by atoms with Gasteiger partial charge < -0.3 is 9.32 Å². The number of anilines is 3. The highest BCUT2D eigenvalue weighted by molar-refractivity contribution is 7.25. The summed E-state index contributed by atoms with van der Waals surface area (Å²) in [5.41, 5.74) is 7.28. The number of aromatic nitrogens is 3. The van der Waals surface area contributed by atoms with E-state index < -0.39 is 0 Å². The van der Waals surface area contributed by atoms with Crippen molar-refractivity contribution in [1.29, 1.82) is 0 Å². The number of rotatable bonds is 6. The SMILES string of the molecule is c1ccc(-c2nc(-c3ccccc3)nc(-c3cc(N(c4ccccc4)c4ccc5sc6ccccc6c5c4)c4c(c3)oc3cc5ccccc5cc34)n2)cc1. The van der Waals surface area contributed by atoms with Crippen molar-refractivity contribution in [2.24, 2.45) is 0 Å². The van der Waals surface area contributed by atoms with E-state index in [-0.39, 0.29) is 0 Å². The molecule has 0 bridgehead atoms. The smallest absolute Gasteiger partial charge is 0.164 e. The first-order valence-electron chi connectivity index (χ1n) is 18.3. The maximum Gasteiger partial charge on any atom is 0.164 e. The Balaban J connectivity index is 1.23. The van der Waals surface area contributed by atoms with Crippen LogP contribution in [0.4, 0.5) is 17.1 Å². The van der Waals surface area contributed by atoms with Crippen LogP contribution in [0.2, 0.25) is 0 Å². The molecule has 3 heterocycles. The molecule has 0 radical (unpaired) electrons. The Morgan fingerprint density at radius 3 is 1.69 bits per heavy atom. The van der Waals surface area contributed by atoms with Crippen molar-refractivity contribution in [3.05, 3.63) is 182 Å². The summed E-state index contributed by atoms with van der Waals surface area (Å²) in [5.74, 6) is 1.78. The number of thiophene rings is 1. The van der Waals surface area contributed by atoms with Gasteiger partial charge in [-0.25, -0.2) is 15.0 Å². The van der Waals surface area contributed by atoms with Crippen molar-refractivity contribution in [2.75, 3.05) is 4.90 Å². The molecule has 8 aromatic carbocycles. The lowest BCUT2D eigenvalue weighted by molar-refractivity contribution is 0.669. The maximum absolute atomic E-state index is 6.83. The summed E-state index contributed by atoms with van der Waals surface area (Å²) in [6.07, 6.45) is 0. The Hall–Kier alpha value is -7.15. The van der Waals surface area contributed by atoms with Gasteiger partial charge in [-0.2, -0.15) is 0 Å². The molecule has 0 N–H and O–H groups in total. The van der Waals surface area contributed by atoms with Crippen molar-refractivity contribution < 1.29 is 4.42 Å². The fraction of sp³-hybridized carbons (Fsp3) is 0. The van der Waals surface area contributed by atoms with Gasteiger partial charge in [-0.05, 0) is 71.4 Å². The van der Waals surface area contributed by atoms with Gasteiger partial charge in [0.1, 0.15) is 11.2 Å². The van der Waals surface area contributed by atoms with Gasteiger partial charge in [0.15, 0.2) is 17.5 Å². The van der Waals surface area contributed by atoms with Gasteiger partial charge in [0.25, 0.3) is 0 Å². The summed E-state index contributed by atoms with van der Waals surface area (Å²) in [4.78, 5) is 17.6. The van der Waals surface area contributed by atoms with Gasteiger partial charge in [-0.3, -0.25) is 0 Å². The second kappa shape index (κ2) is 12.8. The van der Waals surface area contributed by atoms with Crippen LogP contribution in [0, 0.1) is 0 Å². The zero-order chi connectivity index (χ0) is 36.3. The number of nitrogens with zero attached hydrogens (tertiary/aromatic N) is 4. The molecule has 11 rings (SSSR count). The molecule has 0 atom stereocenters. The summed E-state index contributed by atoms with van der Waals surface area (Å²) in [6.45, 7) is 0. The van der Waals surface area contributed by atoms with Crippen molar-refractivity contribution in [2.45, 2.75) is 0 Å². The highest BCUT2D eigenvalue weighted by Crippen LogP contribution is 2.47. The zero-order valence-corrected chi connectivity index (χ0v) is 30.2. The third-order valence-electron chi connectivity index (χ3n) is 10.2. The minimum Gasteiger partial charge on any atom is -0.456 e. The first-order valence-corrected chi connectivity index (χ1v) is 19.1. The highest BCUT2D eigenvalue weighted by Gasteiger charge is 2.24. The van der Waals surface area contributed by atoms with Crippen LogP contribution in [0.5, 0.6) is 0 Å². The predicted molar refractivity (Wildman–Crippen MR) is 228 cm³/mol. The lowest BCUT2D eigenvalue weighted by Crippen LogP contribution is -2.10. The molecule has 0 fully saturated rings. The molecule has 0 saturated carbocycles. The van der Waals surface area contributed by atoms with Crippen LogP contribution in [0.3, 0.4) is 0 Å². The molecule has 0 aliphatic carbocycles. The average molecular weight is 723 g/mol. The van der Waals surface area contributed by atoms with E-state index in [4.69, 9.17) is 19.4 Å². The van der Waals surface area contributed by atoms with Gasteiger partial charge in [-0.1, -0.05) is 121 Å². The van der Waals surface area contributed by atoms with Gasteiger partial charge in [0.2, 0.25) is 0 Å². The normalized spacial score (nSPS) is 11.6. The van der Waals surface area contributed by atoms with Crippen molar-refractivity contribution in [3.8, 4) is 34.2 Å². The minimum atomic E-state index is 0.564. The Morgan fingerprint density at radius 2 is 0.982 bits per heavy atom. The van der Waals surface area contributed by atoms with E-state index in [0.717, 1.165) is 66.5 Å². The third-order valence-corrected chi connectivity index (χ3v) is 11.4. The molecule has 0 aliphatic rings. The van der Waals surface area contributed by atoms with Gasteiger partial charge >= 0.3 is 0 Å². The molecule has 0 saturated heterocycles. The minimum absolute atomic E-state index is 0.564. The van der Waals surface area contributed by atoms with Crippen LogP contribution in [0.1, 0.15) is 0 Å².